The van der Waals surface area contributed by atoms with Gasteiger partial charge in [-0.1, -0.05) is 6.07 Å². The molecule has 110 valence electrons. The number of carbonyl (C=O) groups excluding carboxylic acids is 1. The summed E-state index contributed by atoms with van der Waals surface area (Å²) in [5.41, 5.74) is 5.95. The lowest BCUT2D eigenvalue weighted by Crippen LogP contribution is -2.45. The van der Waals surface area contributed by atoms with Gasteiger partial charge in [0.2, 0.25) is 0 Å². The highest BCUT2D eigenvalue weighted by Crippen LogP contribution is 2.24. The van der Waals surface area contributed by atoms with Gasteiger partial charge in [0, 0.05) is 24.7 Å². The summed E-state index contributed by atoms with van der Waals surface area (Å²) in [7, 11) is 0. The third-order valence-electron chi connectivity index (χ3n) is 3.06. The molecule has 0 radical (unpaired) electrons. The average Bonchev–Trinajstić information content (AvgIpc) is 2.36. The summed E-state index contributed by atoms with van der Waals surface area (Å²) in [6.45, 7) is 0.986. The molecule has 1 atom stereocenters. The lowest BCUT2D eigenvalue weighted by atomic mass is 10.1. The van der Waals surface area contributed by atoms with Crippen LogP contribution in [0.1, 0.15) is 23.2 Å². The van der Waals surface area contributed by atoms with Crippen molar-refractivity contribution in [2.24, 2.45) is 5.73 Å². The van der Waals surface area contributed by atoms with Crippen LogP contribution < -0.4 is 10.5 Å². The minimum absolute atomic E-state index is 0.0812. The number of nitrogens with zero attached hydrogens (tertiary/aromatic N) is 1. The Hall–Kier alpha value is -1.76. The van der Waals surface area contributed by atoms with E-state index in [0.717, 1.165) is 25.0 Å². The second kappa shape index (κ2) is 5.70. The summed E-state index contributed by atoms with van der Waals surface area (Å²) < 4.78 is 40.2. The van der Waals surface area contributed by atoms with E-state index < -0.39 is 12.1 Å². The van der Waals surface area contributed by atoms with Crippen LogP contribution in [0.2, 0.25) is 0 Å². The van der Waals surface area contributed by atoms with Crippen LogP contribution in [-0.4, -0.2) is 36.3 Å². The first-order valence-corrected chi connectivity index (χ1v) is 6.26. The second-order valence-corrected chi connectivity index (χ2v) is 4.73. The third-order valence-corrected chi connectivity index (χ3v) is 3.06. The van der Waals surface area contributed by atoms with Crippen LogP contribution in [0.25, 0.3) is 0 Å². The molecule has 1 aliphatic rings. The molecule has 20 heavy (non-hydrogen) atoms. The van der Waals surface area contributed by atoms with Gasteiger partial charge >= 0.3 is 6.36 Å². The van der Waals surface area contributed by atoms with Crippen LogP contribution >= 0.6 is 0 Å². The fourth-order valence-electron chi connectivity index (χ4n) is 2.20. The van der Waals surface area contributed by atoms with Gasteiger partial charge in [0.25, 0.3) is 5.91 Å². The van der Waals surface area contributed by atoms with Gasteiger partial charge in [-0.25, -0.2) is 0 Å². The zero-order valence-electron chi connectivity index (χ0n) is 10.7. The number of carbonyl (C=O) groups is 1. The van der Waals surface area contributed by atoms with Crippen molar-refractivity contribution in [3.63, 3.8) is 0 Å². The van der Waals surface area contributed by atoms with E-state index >= 15 is 0 Å². The average molecular weight is 288 g/mol. The van der Waals surface area contributed by atoms with Gasteiger partial charge in [-0.15, -0.1) is 13.2 Å². The standard InChI is InChI=1S/C13H15F3N2O2/c14-13(15,16)20-11-5-1-3-9(7-11)12(19)18-6-2-4-10(17)8-18/h1,3,5,7,10H,2,4,6,8,17H2/t10-/m0/s1. The Morgan fingerprint density at radius 2 is 2.15 bits per heavy atom. The van der Waals surface area contributed by atoms with Crippen molar-refractivity contribution in [1.29, 1.82) is 0 Å². The molecular formula is C13H15F3N2O2. The number of amides is 1. The molecule has 4 nitrogen and oxygen atoms in total. The summed E-state index contributed by atoms with van der Waals surface area (Å²) in [6, 6.07) is 4.99. The fraction of sp³-hybridized carbons (Fsp3) is 0.462. The van der Waals surface area contributed by atoms with Gasteiger partial charge in [0.15, 0.2) is 0 Å². The topological polar surface area (TPSA) is 55.6 Å². The number of alkyl halides is 3. The van der Waals surface area contributed by atoms with E-state index in [4.69, 9.17) is 5.73 Å². The van der Waals surface area contributed by atoms with E-state index in [1.807, 2.05) is 0 Å². The molecule has 0 aliphatic carbocycles. The summed E-state index contributed by atoms with van der Waals surface area (Å²) >= 11 is 0. The highest BCUT2D eigenvalue weighted by atomic mass is 19.4. The van der Waals surface area contributed by atoms with Crippen molar-refractivity contribution >= 4 is 5.91 Å². The predicted octanol–water partition coefficient (Wildman–Crippen LogP) is 2.15. The molecule has 1 saturated heterocycles. The fourth-order valence-corrected chi connectivity index (χ4v) is 2.20. The molecule has 0 unspecified atom stereocenters. The van der Waals surface area contributed by atoms with Crippen molar-refractivity contribution in [3.8, 4) is 5.75 Å². The quantitative estimate of drug-likeness (QED) is 0.907. The van der Waals surface area contributed by atoms with E-state index in [-0.39, 0.29) is 17.5 Å². The smallest absolute Gasteiger partial charge is 0.406 e. The third kappa shape index (κ3) is 3.86. The molecule has 7 heteroatoms. The lowest BCUT2D eigenvalue weighted by molar-refractivity contribution is -0.274. The first-order chi connectivity index (χ1) is 9.35. The van der Waals surface area contributed by atoms with Crippen LogP contribution in [0.4, 0.5) is 13.2 Å². The Morgan fingerprint density at radius 1 is 1.40 bits per heavy atom. The Labute approximate surface area is 114 Å². The maximum atomic E-state index is 12.2. The van der Waals surface area contributed by atoms with E-state index in [2.05, 4.69) is 4.74 Å². The maximum absolute atomic E-state index is 12.2. The highest BCUT2D eigenvalue weighted by Gasteiger charge is 2.31. The first kappa shape index (κ1) is 14.6. The van der Waals surface area contributed by atoms with Gasteiger partial charge in [0.05, 0.1) is 0 Å². The van der Waals surface area contributed by atoms with E-state index in [0.29, 0.717) is 13.1 Å². The van der Waals surface area contributed by atoms with Crippen LogP contribution in [-0.2, 0) is 0 Å². The molecule has 0 bridgehead atoms. The lowest BCUT2D eigenvalue weighted by Gasteiger charge is -2.30. The Balaban J connectivity index is 2.12. The normalized spacial score (nSPS) is 19.8. The van der Waals surface area contributed by atoms with Gasteiger partial charge in [-0.05, 0) is 31.0 Å². The molecule has 0 aromatic heterocycles. The largest absolute Gasteiger partial charge is 0.573 e. The van der Waals surface area contributed by atoms with E-state index in [9.17, 15) is 18.0 Å². The SMILES string of the molecule is N[C@H]1CCCN(C(=O)c2cccc(OC(F)(F)F)c2)C1. The number of benzene rings is 1. The summed E-state index contributed by atoms with van der Waals surface area (Å²) in [4.78, 5) is 13.8. The number of rotatable bonds is 2. The van der Waals surface area contributed by atoms with Crippen molar-refractivity contribution in [3.05, 3.63) is 29.8 Å². The molecule has 0 saturated carbocycles. The Bertz CT molecular complexity index is 491. The minimum atomic E-state index is -4.77. The molecule has 1 aromatic carbocycles. The zero-order chi connectivity index (χ0) is 14.8. The van der Waals surface area contributed by atoms with Crippen molar-refractivity contribution in [2.75, 3.05) is 13.1 Å². The van der Waals surface area contributed by atoms with Crippen LogP contribution in [0.15, 0.2) is 24.3 Å². The molecule has 1 fully saturated rings. The highest BCUT2D eigenvalue weighted by molar-refractivity contribution is 5.94. The molecule has 1 aliphatic heterocycles. The Kier molecular flexibility index (Phi) is 4.17. The van der Waals surface area contributed by atoms with Crippen molar-refractivity contribution in [2.45, 2.75) is 25.2 Å². The maximum Gasteiger partial charge on any atom is 0.573 e. The van der Waals surface area contributed by atoms with Crippen LogP contribution in [0.5, 0.6) is 5.75 Å². The molecule has 0 spiro atoms. The Morgan fingerprint density at radius 3 is 2.80 bits per heavy atom. The molecule has 2 rings (SSSR count). The molecule has 1 heterocycles. The second-order valence-electron chi connectivity index (χ2n) is 4.73. The monoisotopic (exact) mass is 288 g/mol. The number of hydrogen-bond donors (Lipinski definition) is 1. The molecule has 1 amide bonds. The van der Waals surface area contributed by atoms with Gasteiger partial charge in [-0.2, -0.15) is 0 Å². The number of piperidine rings is 1. The minimum Gasteiger partial charge on any atom is -0.406 e. The summed E-state index contributed by atoms with van der Waals surface area (Å²) in [5.74, 6) is -0.725. The number of ether oxygens (including phenoxy) is 1. The molecular weight excluding hydrogens is 273 g/mol. The van der Waals surface area contributed by atoms with Gasteiger partial charge in [-0.3, -0.25) is 4.79 Å². The number of halogens is 3. The summed E-state index contributed by atoms with van der Waals surface area (Å²) in [5, 5.41) is 0. The number of hydrogen-bond acceptors (Lipinski definition) is 3. The van der Waals surface area contributed by atoms with E-state index in [1.54, 1.807) is 4.90 Å². The van der Waals surface area contributed by atoms with Crippen LogP contribution in [0.3, 0.4) is 0 Å². The zero-order valence-corrected chi connectivity index (χ0v) is 10.7. The van der Waals surface area contributed by atoms with Gasteiger partial charge in [0.1, 0.15) is 5.75 Å². The van der Waals surface area contributed by atoms with Gasteiger partial charge < -0.3 is 15.4 Å². The van der Waals surface area contributed by atoms with E-state index in [1.165, 1.54) is 12.1 Å². The van der Waals surface area contributed by atoms with Crippen molar-refractivity contribution < 1.29 is 22.7 Å². The van der Waals surface area contributed by atoms with Crippen molar-refractivity contribution in [1.82, 2.24) is 4.90 Å². The number of likely N-dealkylation sites (tertiary alicyclic amines) is 1. The molecule has 2 N–H and O–H groups in total. The summed E-state index contributed by atoms with van der Waals surface area (Å²) in [6.07, 6.45) is -3.12. The molecule has 1 aromatic rings. The van der Waals surface area contributed by atoms with Crippen LogP contribution in [0, 0.1) is 0 Å². The predicted molar refractivity (Wildman–Crippen MR) is 66.2 cm³/mol. The first-order valence-electron chi connectivity index (χ1n) is 6.26. The number of nitrogens with two attached hydrogens (primary N) is 1.